The van der Waals surface area contributed by atoms with E-state index in [2.05, 4.69) is 16.8 Å². The summed E-state index contributed by atoms with van der Waals surface area (Å²) in [6.07, 6.45) is 0. The van der Waals surface area contributed by atoms with Gasteiger partial charge in [0.15, 0.2) is 0 Å². The average molecular weight is 249 g/mol. The van der Waals surface area contributed by atoms with Crippen LogP contribution in [0.3, 0.4) is 0 Å². The fourth-order valence-electron chi connectivity index (χ4n) is 2.53. The van der Waals surface area contributed by atoms with Crippen molar-refractivity contribution in [2.45, 2.75) is 19.9 Å². The third-order valence-corrected chi connectivity index (χ3v) is 3.83. The lowest BCUT2D eigenvalue weighted by Gasteiger charge is -2.24. The third-order valence-electron chi connectivity index (χ3n) is 3.42. The Kier molecular flexibility index (Phi) is 2.20. The van der Waals surface area contributed by atoms with Crippen molar-refractivity contribution in [1.29, 1.82) is 0 Å². The van der Waals surface area contributed by atoms with Gasteiger partial charge in [0.05, 0.1) is 5.52 Å². The topological polar surface area (TPSA) is 34.0 Å². The molecule has 1 atom stereocenters. The third kappa shape index (κ3) is 1.39. The maximum Gasteiger partial charge on any atom is 0.268 e. The van der Waals surface area contributed by atoms with Gasteiger partial charge in [-0.15, -0.1) is 0 Å². The molecule has 1 aromatic heterocycles. The molecule has 0 spiro atoms. The Bertz CT molecular complexity index is 630. The van der Waals surface area contributed by atoms with Crippen LogP contribution in [0.25, 0.3) is 10.9 Å². The lowest BCUT2D eigenvalue weighted by Crippen LogP contribution is -2.37. The quantitative estimate of drug-likeness (QED) is 0.764. The highest BCUT2D eigenvalue weighted by Crippen LogP contribution is 2.32. The lowest BCUT2D eigenvalue weighted by molar-refractivity contribution is 0.0919. The molecule has 2 aromatic rings. The summed E-state index contributed by atoms with van der Waals surface area (Å²) in [7, 11) is 0. The first-order valence-electron chi connectivity index (χ1n) is 5.68. The van der Waals surface area contributed by atoms with Crippen molar-refractivity contribution < 1.29 is 4.79 Å². The number of fused-ring (bicyclic) bond motifs is 3. The fraction of sp³-hybridized carbons (Fsp3) is 0.308. The van der Waals surface area contributed by atoms with Gasteiger partial charge in [0.2, 0.25) is 0 Å². The highest BCUT2D eigenvalue weighted by Gasteiger charge is 2.25. The Labute approximate surface area is 104 Å². The largest absolute Gasteiger partial charge is 0.349 e. The van der Waals surface area contributed by atoms with Gasteiger partial charge in [-0.2, -0.15) is 0 Å². The van der Waals surface area contributed by atoms with Gasteiger partial charge in [0, 0.05) is 23.0 Å². The normalized spacial score (nSPS) is 19.2. The number of halogens is 1. The van der Waals surface area contributed by atoms with Crippen molar-refractivity contribution in [2.75, 3.05) is 6.54 Å². The predicted molar refractivity (Wildman–Crippen MR) is 68.7 cm³/mol. The number of carbonyl (C=O) groups excluding carboxylic acids is 1. The molecule has 0 radical (unpaired) electrons. The second kappa shape index (κ2) is 3.50. The van der Waals surface area contributed by atoms with Gasteiger partial charge in [-0.05, 0) is 31.5 Å². The zero-order valence-corrected chi connectivity index (χ0v) is 10.5. The molecule has 17 heavy (non-hydrogen) atoms. The van der Waals surface area contributed by atoms with Crippen molar-refractivity contribution in [3.63, 3.8) is 0 Å². The second-order valence-electron chi connectivity index (χ2n) is 4.57. The van der Waals surface area contributed by atoms with E-state index in [1.165, 1.54) is 0 Å². The minimum atomic E-state index is -0.00479. The summed E-state index contributed by atoms with van der Waals surface area (Å²) in [4.78, 5) is 11.8. The molecule has 0 fully saturated rings. The predicted octanol–water partition coefficient (Wildman–Crippen LogP) is 2.91. The summed E-state index contributed by atoms with van der Waals surface area (Å²) in [5.74, 6) is -0.00479. The second-order valence-corrected chi connectivity index (χ2v) is 4.98. The molecule has 1 unspecified atom stereocenters. The molecule has 1 aliphatic rings. The number of nitrogens with one attached hydrogen (secondary N) is 1. The van der Waals surface area contributed by atoms with Crippen LogP contribution in [0.2, 0.25) is 5.02 Å². The maximum absolute atomic E-state index is 11.8. The molecule has 88 valence electrons. The SMILES string of the molecule is Cc1c(Cl)ccc2cc3n(c12)C(C)CNC3=O. The van der Waals surface area contributed by atoms with Crippen molar-refractivity contribution in [3.8, 4) is 0 Å². The number of aryl methyl sites for hydroxylation is 1. The minimum absolute atomic E-state index is 0.00479. The smallest absolute Gasteiger partial charge is 0.268 e. The summed E-state index contributed by atoms with van der Waals surface area (Å²) >= 11 is 6.16. The van der Waals surface area contributed by atoms with E-state index < -0.39 is 0 Å². The average Bonchev–Trinajstić information content (AvgIpc) is 2.70. The van der Waals surface area contributed by atoms with E-state index in [9.17, 15) is 4.79 Å². The molecule has 2 heterocycles. The minimum Gasteiger partial charge on any atom is -0.349 e. The molecular weight excluding hydrogens is 236 g/mol. The van der Waals surface area contributed by atoms with E-state index in [0.29, 0.717) is 6.54 Å². The van der Waals surface area contributed by atoms with Crippen molar-refractivity contribution in [3.05, 3.63) is 34.5 Å². The zero-order valence-electron chi connectivity index (χ0n) is 9.75. The fourth-order valence-corrected chi connectivity index (χ4v) is 2.68. The number of hydrogen-bond acceptors (Lipinski definition) is 1. The number of carbonyl (C=O) groups is 1. The van der Waals surface area contributed by atoms with Gasteiger partial charge in [0.1, 0.15) is 5.69 Å². The first-order chi connectivity index (χ1) is 8.09. The number of hydrogen-bond donors (Lipinski definition) is 1. The van der Waals surface area contributed by atoms with E-state index >= 15 is 0 Å². The van der Waals surface area contributed by atoms with Crippen LogP contribution in [0.5, 0.6) is 0 Å². The maximum atomic E-state index is 11.8. The van der Waals surface area contributed by atoms with E-state index in [1.54, 1.807) is 0 Å². The molecule has 0 saturated heterocycles. The molecule has 1 amide bonds. The van der Waals surface area contributed by atoms with Crippen molar-refractivity contribution in [1.82, 2.24) is 9.88 Å². The van der Waals surface area contributed by atoms with Gasteiger partial charge >= 0.3 is 0 Å². The lowest BCUT2D eigenvalue weighted by atomic mass is 10.1. The number of amides is 1. The van der Waals surface area contributed by atoms with Crippen LogP contribution in [0.15, 0.2) is 18.2 Å². The van der Waals surface area contributed by atoms with Crippen LogP contribution >= 0.6 is 11.6 Å². The van der Waals surface area contributed by atoms with Crippen LogP contribution in [0.4, 0.5) is 0 Å². The first-order valence-corrected chi connectivity index (χ1v) is 6.05. The zero-order chi connectivity index (χ0) is 12.2. The van der Waals surface area contributed by atoms with Crippen LogP contribution in [-0.2, 0) is 0 Å². The monoisotopic (exact) mass is 248 g/mol. The molecule has 1 aliphatic heterocycles. The molecule has 1 aromatic carbocycles. The van der Waals surface area contributed by atoms with Gasteiger partial charge < -0.3 is 9.88 Å². The molecule has 1 N–H and O–H groups in total. The Morgan fingerprint density at radius 2 is 2.24 bits per heavy atom. The van der Waals surface area contributed by atoms with Gasteiger partial charge in [-0.25, -0.2) is 0 Å². The van der Waals surface area contributed by atoms with Gasteiger partial charge in [-0.1, -0.05) is 17.7 Å². The summed E-state index contributed by atoms with van der Waals surface area (Å²) in [6, 6.07) is 6.05. The van der Waals surface area contributed by atoms with E-state index in [1.807, 2.05) is 25.1 Å². The highest BCUT2D eigenvalue weighted by molar-refractivity contribution is 6.32. The van der Waals surface area contributed by atoms with Gasteiger partial charge in [-0.3, -0.25) is 4.79 Å². The molecular formula is C13H13ClN2O. The van der Waals surface area contributed by atoms with Crippen LogP contribution in [0, 0.1) is 6.92 Å². The number of nitrogens with zero attached hydrogens (tertiary/aromatic N) is 1. The van der Waals surface area contributed by atoms with Crippen LogP contribution < -0.4 is 5.32 Å². The van der Waals surface area contributed by atoms with E-state index in [4.69, 9.17) is 11.6 Å². The van der Waals surface area contributed by atoms with Crippen molar-refractivity contribution >= 4 is 28.4 Å². The number of rotatable bonds is 0. The van der Waals surface area contributed by atoms with Crippen LogP contribution in [0.1, 0.15) is 29.0 Å². The Morgan fingerprint density at radius 3 is 3.00 bits per heavy atom. The molecule has 0 saturated carbocycles. The molecule has 4 heteroatoms. The Balaban J connectivity index is 2.44. The Hall–Kier alpha value is -1.48. The highest BCUT2D eigenvalue weighted by atomic mass is 35.5. The summed E-state index contributed by atoms with van der Waals surface area (Å²) in [5, 5.41) is 4.71. The number of benzene rings is 1. The molecule has 0 bridgehead atoms. The van der Waals surface area contributed by atoms with E-state index in [0.717, 1.165) is 27.2 Å². The van der Waals surface area contributed by atoms with E-state index in [-0.39, 0.29) is 11.9 Å². The molecule has 0 aliphatic carbocycles. The van der Waals surface area contributed by atoms with Crippen LogP contribution in [-0.4, -0.2) is 17.0 Å². The first kappa shape index (κ1) is 10.7. The summed E-state index contributed by atoms with van der Waals surface area (Å²) in [5.41, 5.74) is 2.84. The van der Waals surface area contributed by atoms with Gasteiger partial charge in [0.25, 0.3) is 5.91 Å². The Morgan fingerprint density at radius 1 is 1.47 bits per heavy atom. The molecule has 3 nitrogen and oxygen atoms in total. The number of aromatic nitrogens is 1. The standard InChI is InChI=1S/C13H13ClN2O/c1-7-6-15-13(17)11-5-9-3-4-10(14)8(2)12(9)16(7)11/h3-5,7H,6H2,1-2H3,(H,15,17). The summed E-state index contributed by atoms with van der Waals surface area (Å²) < 4.78 is 2.09. The molecule has 3 rings (SSSR count). The summed E-state index contributed by atoms with van der Waals surface area (Å²) in [6.45, 7) is 4.77. The van der Waals surface area contributed by atoms with Crippen molar-refractivity contribution in [2.24, 2.45) is 0 Å².